The lowest BCUT2D eigenvalue weighted by Crippen LogP contribution is -2.25. The van der Waals surface area contributed by atoms with Crippen LogP contribution in [0, 0.1) is 5.95 Å². The van der Waals surface area contributed by atoms with Crippen molar-refractivity contribution < 1.29 is 14.0 Å². The average Bonchev–Trinajstić information content (AvgIpc) is 2.45. The van der Waals surface area contributed by atoms with Gasteiger partial charge in [-0.3, -0.25) is 9.63 Å². The molecule has 0 aromatic carbocycles. The van der Waals surface area contributed by atoms with Crippen molar-refractivity contribution in [2.75, 3.05) is 19.7 Å². The van der Waals surface area contributed by atoms with Crippen molar-refractivity contribution in [2.24, 2.45) is 0 Å². The van der Waals surface area contributed by atoms with E-state index in [1.807, 2.05) is 13.0 Å². The molecule has 102 valence electrons. The number of rotatable bonds is 4. The lowest BCUT2D eigenvalue weighted by molar-refractivity contribution is 0.0676. The second-order valence-electron chi connectivity index (χ2n) is 4.16. The van der Waals surface area contributed by atoms with Crippen LogP contribution in [0.25, 0.3) is 5.57 Å². The van der Waals surface area contributed by atoms with Gasteiger partial charge in [-0.05, 0) is 24.1 Å². The van der Waals surface area contributed by atoms with Crippen LogP contribution in [0.5, 0.6) is 0 Å². The van der Waals surface area contributed by atoms with Crippen LogP contribution in [0.1, 0.15) is 29.4 Å². The van der Waals surface area contributed by atoms with E-state index in [9.17, 15) is 9.18 Å². The molecule has 5 nitrogen and oxygen atoms in total. The van der Waals surface area contributed by atoms with Crippen molar-refractivity contribution in [2.45, 2.75) is 13.3 Å². The molecule has 1 aromatic heterocycles. The van der Waals surface area contributed by atoms with Crippen molar-refractivity contribution in [1.29, 1.82) is 0 Å². The third kappa shape index (κ3) is 3.36. The first-order valence-corrected chi connectivity index (χ1v) is 6.21. The standard InChI is InChI=1S/C13H16FN3O2/c1-2-6-15-13(18)11-4-3-10(12(14)17-11)9-5-7-16-19-8-9/h3-5,16H,2,6-8H2,1H3,(H,15,18). The summed E-state index contributed by atoms with van der Waals surface area (Å²) in [6.45, 7) is 3.29. The third-order valence-corrected chi connectivity index (χ3v) is 2.72. The summed E-state index contributed by atoms with van der Waals surface area (Å²) in [7, 11) is 0. The normalized spacial score (nSPS) is 14.9. The fraction of sp³-hybridized carbons (Fsp3) is 0.385. The second kappa shape index (κ2) is 6.40. The number of carbonyl (C=O) groups excluding carboxylic acids is 1. The van der Waals surface area contributed by atoms with E-state index in [1.165, 1.54) is 6.07 Å². The van der Waals surface area contributed by atoms with Gasteiger partial charge in [0.05, 0.1) is 6.61 Å². The number of aromatic nitrogens is 1. The molecule has 0 saturated heterocycles. The number of nitrogens with zero attached hydrogens (tertiary/aromatic N) is 1. The SMILES string of the molecule is CCCNC(=O)c1ccc(C2=CCNOC2)c(F)n1. The van der Waals surface area contributed by atoms with Crippen LogP contribution in [-0.2, 0) is 4.84 Å². The molecule has 2 heterocycles. The first kappa shape index (κ1) is 13.6. The number of pyridine rings is 1. The number of hydroxylamine groups is 1. The summed E-state index contributed by atoms with van der Waals surface area (Å²) >= 11 is 0. The summed E-state index contributed by atoms with van der Waals surface area (Å²) in [5.41, 5.74) is 3.86. The van der Waals surface area contributed by atoms with E-state index in [1.54, 1.807) is 6.07 Å². The van der Waals surface area contributed by atoms with Crippen molar-refractivity contribution >= 4 is 11.5 Å². The van der Waals surface area contributed by atoms with Gasteiger partial charge in [-0.1, -0.05) is 13.0 Å². The Morgan fingerprint density at radius 1 is 1.58 bits per heavy atom. The summed E-state index contributed by atoms with van der Waals surface area (Å²) in [6.07, 6.45) is 2.66. The summed E-state index contributed by atoms with van der Waals surface area (Å²) in [5.74, 6) is -1.01. The van der Waals surface area contributed by atoms with Crippen LogP contribution >= 0.6 is 0 Å². The minimum Gasteiger partial charge on any atom is -0.351 e. The zero-order chi connectivity index (χ0) is 13.7. The van der Waals surface area contributed by atoms with Gasteiger partial charge in [-0.2, -0.15) is 9.87 Å². The molecule has 1 aliphatic rings. The summed E-state index contributed by atoms with van der Waals surface area (Å²) < 4.78 is 13.9. The van der Waals surface area contributed by atoms with E-state index in [-0.39, 0.29) is 18.2 Å². The fourth-order valence-corrected chi connectivity index (χ4v) is 1.73. The van der Waals surface area contributed by atoms with Crippen LogP contribution in [0.4, 0.5) is 4.39 Å². The lowest BCUT2D eigenvalue weighted by atomic mass is 10.1. The highest BCUT2D eigenvalue weighted by Crippen LogP contribution is 2.19. The highest BCUT2D eigenvalue weighted by atomic mass is 19.1. The first-order valence-electron chi connectivity index (χ1n) is 6.21. The van der Waals surface area contributed by atoms with E-state index in [4.69, 9.17) is 4.84 Å². The topological polar surface area (TPSA) is 63.2 Å². The van der Waals surface area contributed by atoms with Crippen LogP contribution < -0.4 is 10.8 Å². The Kier molecular flexibility index (Phi) is 4.59. The van der Waals surface area contributed by atoms with Gasteiger partial charge >= 0.3 is 0 Å². The van der Waals surface area contributed by atoms with Crippen LogP contribution in [-0.4, -0.2) is 30.6 Å². The molecule has 0 saturated carbocycles. The summed E-state index contributed by atoms with van der Waals surface area (Å²) in [4.78, 5) is 20.4. The molecule has 0 radical (unpaired) electrons. The second-order valence-corrected chi connectivity index (χ2v) is 4.16. The van der Waals surface area contributed by atoms with Crippen molar-refractivity contribution in [3.63, 3.8) is 0 Å². The highest BCUT2D eigenvalue weighted by Gasteiger charge is 2.15. The maximum absolute atomic E-state index is 13.9. The monoisotopic (exact) mass is 265 g/mol. The smallest absolute Gasteiger partial charge is 0.269 e. The lowest BCUT2D eigenvalue weighted by Gasteiger charge is -2.14. The molecule has 6 heteroatoms. The Balaban J connectivity index is 2.17. The van der Waals surface area contributed by atoms with Crippen LogP contribution in [0.15, 0.2) is 18.2 Å². The van der Waals surface area contributed by atoms with Crippen LogP contribution in [0.2, 0.25) is 0 Å². The predicted octanol–water partition coefficient (Wildman–Crippen LogP) is 1.28. The number of halogens is 1. The largest absolute Gasteiger partial charge is 0.351 e. The van der Waals surface area contributed by atoms with Crippen LogP contribution in [0.3, 0.4) is 0 Å². The fourth-order valence-electron chi connectivity index (χ4n) is 1.73. The van der Waals surface area contributed by atoms with Gasteiger partial charge in [0, 0.05) is 18.7 Å². The Hall–Kier alpha value is -1.79. The molecular weight excluding hydrogens is 249 g/mol. The van der Waals surface area contributed by atoms with Crippen molar-refractivity contribution in [3.8, 4) is 0 Å². The van der Waals surface area contributed by atoms with Gasteiger partial charge < -0.3 is 5.32 Å². The molecule has 0 fully saturated rings. The number of carbonyl (C=O) groups is 1. The van der Waals surface area contributed by atoms with E-state index >= 15 is 0 Å². The average molecular weight is 265 g/mol. The summed E-state index contributed by atoms with van der Waals surface area (Å²) in [5, 5.41) is 2.66. The maximum atomic E-state index is 13.9. The predicted molar refractivity (Wildman–Crippen MR) is 68.8 cm³/mol. The zero-order valence-electron chi connectivity index (χ0n) is 10.7. The molecule has 2 N–H and O–H groups in total. The number of hydrogen-bond donors (Lipinski definition) is 2. The summed E-state index contributed by atoms with van der Waals surface area (Å²) in [6, 6.07) is 3.08. The zero-order valence-corrected chi connectivity index (χ0v) is 10.7. The molecule has 19 heavy (non-hydrogen) atoms. The molecule has 0 bridgehead atoms. The maximum Gasteiger partial charge on any atom is 0.269 e. The van der Waals surface area contributed by atoms with Gasteiger partial charge in [0.1, 0.15) is 5.69 Å². The van der Waals surface area contributed by atoms with Gasteiger partial charge in [-0.25, -0.2) is 4.98 Å². The minimum absolute atomic E-state index is 0.0881. The molecule has 0 spiro atoms. The Morgan fingerprint density at radius 3 is 3.05 bits per heavy atom. The van der Waals surface area contributed by atoms with E-state index < -0.39 is 5.95 Å². The quantitative estimate of drug-likeness (QED) is 0.805. The number of hydrogen-bond acceptors (Lipinski definition) is 4. The number of nitrogens with one attached hydrogen (secondary N) is 2. The van der Waals surface area contributed by atoms with Gasteiger partial charge in [-0.15, -0.1) is 0 Å². The molecule has 1 aromatic rings. The third-order valence-electron chi connectivity index (χ3n) is 2.72. The molecule has 0 aliphatic carbocycles. The molecule has 0 unspecified atom stereocenters. The Labute approximate surface area is 110 Å². The van der Waals surface area contributed by atoms with Gasteiger partial charge in [0.15, 0.2) is 0 Å². The molecule has 1 aliphatic heterocycles. The Bertz CT molecular complexity index is 503. The van der Waals surface area contributed by atoms with E-state index in [2.05, 4.69) is 15.8 Å². The Morgan fingerprint density at radius 2 is 2.42 bits per heavy atom. The highest BCUT2D eigenvalue weighted by molar-refractivity contribution is 5.92. The van der Waals surface area contributed by atoms with Gasteiger partial charge in [0.2, 0.25) is 5.95 Å². The molecular formula is C13H16FN3O2. The molecule has 2 rings (SSSR count). The first-order chi connectivity index (χ1) is 9.22. The van der Waals surface area contributed by atoms with E-state index in [0.717, 1.165) is 12.0 Å². The molecule has 1 amide bonds. The minimum atomic E-state index is -0.652. The van der Waals surface area contributed by atoms with Gasteiger partial charge in [0.25, 0.3) is 5.91 Å². The van der Waals surface area contributed by atoms with E-state index in [0.29, 0.717) is 18.7 Å². The number of amides is 1. The van der Waals surface area contributed by atoms with Crippen molar-refractivity contribution in [3.05, 3.63) is 35.4 Å². The molecule has 0 atom stereocenters. The van der Waals surface area contributed by atoms with Crippen molar-refractivity contribution in [1.82, 2.24) is 15.8 Å².